The lowest BCUT2D eigenvalue weighted by molar-refractivity contribution is -0.118. The van der Waals surface area contributed by atoms with E-state index >= 15 is 0 Å². The normalized spacial score (nSPS) is 13.6. The van der Waals surface area contributed by atoms with Crippen molar-refractivity contribution in [2.24, 2.45) is 0 Å². The Morgan fingerprint density at radius 1 is 1.12 bits per heavy atom. The average molecular weight is 360 g/mol. The van der Waals surface area contributed by atoms with Crippen LogP contribution in [-0.4, -0.2) is 20.9 Å². The highest BCUT2D eigenvalue weighted by Crippen LogP contribution is 2.32. The molecule has 0 saturated carbocycles. The van der Waals surface area contributed by atoms with Gasteiger partial charge in [-0.1, -0.05) is 32.0 Å². The van der Waals surface area contributed by atoms with Crippen LogP contribution in [0.5, 0.6) is 5.75 Å². The number of anilines is 2. The second kappa shape index (κ2) is 6.76. The minimum Gasteiger partial charge on any atom is -0.482 e. The van der Waals surface area contributed by atoms with Gasteiger partial charge < -0.3 is 10.1 Å². The first kappa shape index (κ1) is 17.3. The number of rotatable bonds is 5. The Labute approximate surface area is 147 Å². The second-order valence-corrected chi connectivity index (χ2v) is 7.44. The quantitative estimate of drug-likeness (QED) is 0.859. The van der Waals surface area contributed by atoms with Gasteiger partial charge in [0.05, 0.1) is 16.3 Å². The fourth-order valence-electron chi connectivity index (χ4n) is 2.80. The van der Waals surface area contributed by atoms with E-state index < -0.39 is 10.0 Å². The van der Waals surface area contributed by atoms with E-state index in [-0.39, 0.29) is 17.4 Å². The van der Waals surface area contributed by atoms with E-state index in [1.165, 1.54) is 12.1 Å². The molecule has 0 saturated heterocycles. The van der Waals surface area contributed by atoms with Crippen molar-refractivity contribution in [3.63, 3.8) is 0 Å². The molecule has 0 unspecified atom stereocenters. The van der Waals surface area contributed by atoms with Crippen LogP contribution in [0.15, 0.2) is 41.3 Å². The highest BCUT2D eigenvalue weighted by molar-refractivity contribution is 7.92. The van der Waals surface area contributed by atoms with Crippen LogP contribution in [0.4, 0.5) is 11.4 Å². The first-order chi connectivity index (χ1) is 11.9. The smallest absolute Gasteiger partial charge is 0.262 e. The van der Waals surface area contributed by atoms with Gasteiger partial charge in [0.1, 0.15) is 5.75 Å². The summed E-state index contributed by atoms with van der Waals surface area (Å²) in [6, 6.07) is 10.2. The first-order valence-electron chi connectivity index (χ1n) is 8.15. The van der Waals surface area contributed by atoms with Crippen molar-refractivity contribution in [1.82, 2.24) is 0 Å². The molecule has 0 fully saturated rings. The van der Waals surface area contributed by atoms with Crippen molar-refractivity contribution in [2.45, 2.75) is 31.6 Å². The molecule has 2 aromatic carbocycles. The predicted molar refractivity (Wildman–Crippen MR) is 96.6 cm³/mol. The number of para-hydroxylation sites is 1. The standard InChI is InChI=1S/C18H20N2O4S/c1-3-12-6-5-7-13(4-2)18(12)20-25(22,23)14-8-9-16-15(10-14)19-17(21)11-24-16/h5-10,20H,3-4,11H2,1-2H3,(H,19,21). The van der Waals surface area contributed by atoms with Crippen molar-refractivity contribution in [3.05, 3.63) is 47.5 Å². The number of benzene rings is 2. The van der Waals surface area contributed by atoms with Crippen LogP contribution >= 0.6 is 0 Å². The minimum absolute atomic E-state index is 0.0684. The summed E-state index contributed by atoms with van der Waals surface area (Å²) >= 11 is 0. The van der Waals surface area contributed by atoms with Crippen LogP contribution in [0.3, 0.4) is 0 Å². The topological polar surface area (TPSA) is 84.5 Å². The van der Waals surface area contributed by atoms with E-state index in [0.29, 0.717) is 17.1 Å². The lowest BCUT2D eigenvalue weighted by Crippen LogP contribution is -2.25. The Balaban J connectivity index is 1.99. The number of ether oxygens (including phenoxy) is 1. The molecular weight excluding hydrogens is 340 g/mol. The third-order valence-electron chi connectivity index (χ3n) is 4.13. The molecule has 0 spiro atoms. The molecule has 132 valence electrons. The summed E-state index contributed by atoms with van der Waals surface area (Å²) in [6.45, 7) is 3.90. The van der Waals surface area contributed by atoms with Gasteiger partial charge in [-0.25, -0.2) is 8.42 Å². The zero-order valence-electron chi connectivity index (χ0n) is 14.1. The van der Waals surface area contributed by atoms with Crippen molar-refractivity contribution < 1.29 is 17.9 Å². The second-order valence-electron chi connectivity index (χ2n) is 5.76. The number of amides is 1. The molecule has 7 heteroatoms. The summed E-state index contributed by atoms with van der Waals surface area (Å²) in [7, 11) is -3.79. The highest BCUT2D eigenvalue weighted by Gasteiger charge is 2.22. The summed E-state index contributed by atoms with van der Waals surface area (Å²) in [5.74, 6) is 0.154. The summed E-state index contributed by atoms with van der Waals surface area (Å²) in [5, 5.41) is 2.63. The molecule has 0 radical (unpaired) electrons. The third-order valence-corrected chi connectivity index (χ3v) is 5.48. The molecule has 3 rings (SSSR count). The van der Waals surface area contributed by atoms with Crippen molar-refractivity contribution in [2.75, 3.05) is 16.6 Å². The summed E-state index contributed by atoms with van der Waals surface area (Å²) in [4.78, 5) is 11.5. The molecule has 0 atom stereocenters. The Hall–Kier alpha value is -2.54. The molecule has 25 heavy (non-hydrogen) atoms. The fraction of sp³-hybridized carbons (Fsp3) is 0.278. The van der Waals surface area contributed by atoms with Gasteiger partial charge in [-0.15, -0.1) is 0 Å². The van der Waals surface area contributed by atoms with Crippen LogP contribution in [0, 0.1) is 0 Å². The number of aryl methyl sites for hydroxylation is 2. The molecule has 1 heterocycles. The molecule has 0 aromatic heterocycles. The Kier molecular flexibility index (Phi) is 4.67. The summed E-state index contributed by atoms with van der Waals surface area (Å²) in [5.41, 5.74) is 2.87. The molecule has 0 aliphatic carbocycles. The SMILES string of the molecule is CCc1cccc(CC)c1NS(=O)(=O)c1ccc2c(c1)NC(=O)CO2. The lowest BCUT2D eigenvalue weighted by atomic mass is 10.0. The van der Waals surface area contributed by atoms with E-state index in [1.807, 2.05) is 32.0 Å². The minimum atomic E-state index is -3.79. The van der Waals surface area contributed by atoms with Crippen molar-refractivity contribution in [1.29, 1.82) is 0 Å². The maximum Gasteiger partial charge on any atom is 0.262 e. The number of fused-ring (bicyclic) bond motifs is 1. The van der Waals surface area contributed by atoms with E-state index in [0.717, 1.165) is 24.0 Å². The van der Waals surface area contributed by atoms with E-state index in [2.05, 4.69) is 10.0 Å². The van der Waals surface area contributed by atoms with Gasteiger partial charge in [0.2, 0.25) is 0 Å². The molecule has 1 amide bonds. The molecule has 2 aromatic rings. The maximum atomic E-state index is 12.8. The number of carbonyl (C=O) groups is 1. The fourth-order valence-corrected chi connectivity index (χ4v) is 3.97. The Morgan fingerprint density at radius 3 is 2.44 bits per heavy atom. The van der Waals surface area contributed by atoms with E-state index in [1.54, 1.807) is 6.07 Å². The average Bonchev–Trinajstić information content (AvgIpc) is 2.61. The largest absolute Gasteiger partial charge is 0.482 e. The molecule has 1 aliphatic rings. The van der Waals surface area contributed by atoms with Gasteiger partial charge in [-0.2, -0.15) is 0 Å². The Morgan fingerprint density at radius 2 is 1.80 bits per heavy atom. The van der Waals surface area contributed by atoms with Crippen molar-refractivity contribution in [3.8, 4) is 5.75 Å². The monoisotopic (exact) mass is 360 g/mol. The first-order valence-corrected chi connectivity index (χ1v) is 9.63. The highest BCUT2D eigenvalue weighted by atomic mass is 32.2. The third kappa shape index (κ3) is 3.46. The lowest BCUT2D eigenvalue weighted by Gasteiger charge is -2.19. The number of sulfonamides is 1. The summed E-state index contributed by atoms with van der Waals surface area (Å²) in [6.07, 6.45) is 1.44. The van der Waals surface area contributed by atoms with E-state index in [9.17, 15) is 13.2 Å². The van der Waals surface area contributed by atoms with Crippen LogP contribution in [0.25, 0.3) is 0 Å². The van der Waals surface area contributed by atoms with Crippen LogP contribution in [-0.2, 0) is 27.7 Å². The maximum absolute atomic E-state index is 12.8. The van der Waals surface area contributed by atoms with Gasteiger partial charge in [-0.3, -0.25) is 9.52 Å². The molecule has 1 aliphatic heterocycles. The van der Waals surface area contributed by atoms with Crippen LogP contribution < -0.4 is 14.8 Å². The molecule has 6 nitrogen and oxygen atoms in total. The van der Waals surface area contributed by atoms with Gasteiger partial charge >= 0.3 is 0 Å². The molecule has 2 N–H and O–H groups in total. The van der Waals surface area contributed by atoms with Gasteiger partial charge in [0.25, 0.3) is 15.9 Å². The van der Waals surface area contributed by atoms with Gasteiger partial charge in [-0.05, 0) is 42.2 Å². The molecule has 0 bridgehead atoms. The summed E-state index contributed by atoms with van der Waals surface area (Å²) < 4.78 is 33.7. The van der Waals surface area contributed by atoms with Gasteiger partial charge in [0.15, 0.2) is 6.61 Å². The Bertz CT molecular complexity index is 900. The van der Waals surface area contributed by atoms with Crippen molar-refractivity contribution >= 4 is 27.3 Å². The number of hydrogen-bond donors (Lipinski definition) is 2. The zero-order valence-corrected chi connectivity index (χ0v) is 14.9. The number of nitrogens with one attached hydrogen (secondary N) is 2. The molecular formula is C18H20N2O4S. The predicted octanol–water partition coefficient (Wildman–Crippen LogP) is 2.94. The number of hydrogen-bond acceptors (Lipinski definition) is 4. The van der Waals surface area contributed by atoms with Gasteiger partial charge in [0, 0.05) is 0 Å². The van der Waals surface area contributed by atoms with Crippen LogP contribution in [0.2, 0.25) is 0 Å². The zero-order chi connectivity index (χ0) is 18.0. The van der Waals surface area contributed by atoms with Crippen LogP contribution in [0.1, 0.15) is 25.0 Å². The number of carbonyl (C=O) groups excluding carboxylic acids is 1. The van der Waals surface area contributed by atoms with E-state index in [4.69, 9.17) is 4.74 Å².